The van der Waals surface area contributed by atoms with Crippen molar-refractivity contribution in [3.05, 3.63) is 133 Å². The second kappa shape index (κ2) is 12.3. The Labute approximate surface area is 224 Å². The minimum atomic E-state index is -1.18. The first-order chi connectivity index (χ1) is 18.3. The molecule has 2 unspecified atom stereocenters. The number of halogens is 2. The molecule has 0 N–H and O–H groups in total. The van der Waals surface area contributed by atoms with Crippen LogP contribution in [0.15, 0.2) is 130 Å². The summed E-state index contributed by atoms with van der Waals surface area (Å²) in [6.07, 6.45) is 1.47. The van der Waals surface area contributed by atoms with Crippen LogP contribution < -0.4 is 4.74 Å². The molecule has 0 spiro atoms. The predicted octanol–water partition coefficient (Wildman–Crippen LogP) is 6.98. The summed E-state index contributed by atoms with van der Waals surface area (Å²) >= 11 is 0. The third-order valence-electron chi connectivity index (χ3n) is 5.41. The molecule has 0 aliphatic heterocycles. The SMILES string of the molecule is C=CC(C)(C#Cc1ccccc1)OC(=O)COc1ccc([S+](c2ccccc2)c2cc(F)cc(F)c2)cc1. The summed E-state index contributed by atoms with van der Waals surface area (Å²) in [7, 11) is -0.743. The lowest BCUT2D eigenvalue weighted by molar-refractivity contribution is -0.152. The fourth-order valence-electron chi connectivity index (χ4n) is 3.53. The third-order valence-corrected chi connectivity index (χ3v) is 7.61. The van der Waals surface area contributed by atoms with Crippen LogP contribution >= 0.6 is 0 Å². The molecule has 2 atom stereocenters. The molecule has 0 aliphatic rings. The summed E-state index contributed by atoms with van der Waals surface area (Å²) in [5.74, 6) is 4.50. The van der Waals surface area contributed by atoms with Crippen LogP contribution in [0.3, 0.4) is 0 Å². The Morgan fingerprint density at radius 2 is 1.45 bits per heavy atom. The van der Waals surface area contributed by atoms with E-state index in [0.29, 0.717) is 10.6 Å². The Kier molecular flexibility index (Phi) is 8.62. The number of rotatable bonds is 8. The molecular weight excluding hydrogens is 502 g/mol. The van der Waals surface area contributed by atoms with Crippen LogP contribution in [0.1, 0.15) is 12.5 Å². The van der Waals surface area contributed by atoms with Crippen LogP contribution in [-0.4, -0.2) is 18.2 Å². The van der Waals surface area contributed by atoms with Crippen molar-refractivity contribution < 1.29 is 23.0 Å². The molecular formula is C32H25F2O3S+. The third kappa shape index (κ3) is 7.12. The molecule has 0 saturated heterocycles. The van der Waals surface area contributed by atoms with Crippen molar-refractivity contribution in [1.82, 2.24) is 0 Å². The van der Waals surface area contributed by atoms with Crippen molar-refractivity contribution in [3.8, 4) is 17.6 Å². The Morgan fingerprint density at radius 1 is 0.868 bits per heavy atom. The average molecular weight is 528 g/mol. The second-order valence-corrected chi connectivity index (χ2v) is 10.4. The van der Waals surface area contributed by atoms with E-state index in [1.54, 1.807) is 19.1 Å². The van der Waals surface area contributed by atoms with Crippen LogP contribution in [0, 0.1) is 23.5 Å². The zero-order valence-electron chi connectivity index (χ0n) is 20.7. The summed E-state index contributed by atoms with van der Waals surface area (Å²) < 4.78 is 39.2. The number of hydrogen-bond acceptors (Lipinski definition) is 3. The maximum atomic E-state index is 14.0. The zero-order valence-corrected chi connectivity index (χ0v) is 21.5. The topological polar surface area (TPSA) is 35.5 Å². The molecule has 4 aromatic carbocycles. The number of hydrogen-bond donors (Lipinski definition) is 0. The van der Waals surface area contributed by atoms with Gasteiger partial charge in [-0.3, -0.25) is 0 Å². The molecule has 4 aromatic rings. The van der Waals surface area contributed by atoms with E-state index in [2.05, 4.69) is 18.4 Å². The van der Waals surface area contributed by atoms with Gasteiger partial charge in [-0.15, -0.1) is 0 Å². The molecule has 4 rings (SSSR count). The van der Waals surface area contributed by atoms with Crippen molar-refractivity contribution in [2.24, 2.45) is 0 Å². The smallest absolute Gasteiger partial charge is 0.345 e. The lowest BCUT2D eigenvalue weighted by atomic mass is 10.1. The van der Waals surface area contributed by atoms with E-state index in [-0.39, 0.29) is 6.61 Å². The number of benzene rings is 4. The van der Waals surface area contributed by atoms with E-state index < -0.39 is 34.1 Å². The van der Waals surface area contributed by atoms with Crippen molar-refractivity contribution in [2.45, 2.75) is 27.2 Å². The molecule has 0 saturated carbocycles. The molecule has 0 amide bonds. The van der Waals surface area contributed by atoms with Crippen LogP contribution in [0.5, 0.6) is 5.75 Å². The lowest BCUT2D eigenvalue weighted by Gasteiger charge is -2.20. The minimum absolute atomic E-state index is 0.324. The second-order valence-electron chi connectivity index (χ2n) is 8.39. The van der Waals surface area contributed by atoms with Gasteiger partial charge in [-0.25, -0.2) is 13.6 Å². The number of ether oxygens (including phenoxy) is 2. The van der Waals surface area contributed by atoms with E-state index in [1.165, 1.54) is 18.2 Å². The molecule has 0 aromatic heterocycles. The highest BCUT2D eigenvalue weighted by atomic mass is 32.2. The summed E-state index contributed by atoms with van der Waals surface area (Å²) in [4.78, 5) is 14.7. The Bertz CT molecular complexity index is 1440. The Morgan fingerprint density at radius 3 is 2.05 bits per heavy atom. The highest BCUT2D eigenvalue weighted by molar-refractivity contribution is 7.97. The molecule has 0 aliphatic carbocycles. The van der Waals surface area contributed by atoms with Crippen molar-refractivity contribution in [1.29, 1.82) is 0 Å². The van der Waals surface area contributed by atoms with Gasteiger partial charge < -0.3 is 9.47 Å². The largest absolute Gasteiger partial charge is 0.482 e. The van der Waals surface area contributed by atoms with Crippen molar-refractivity contribution >= 4 is 16.9 Å². The maximum absolute atomic E-state index is 14.0. The predicted molar refractivity (Wildman–Crippen MR) is 145 cm³/mol. The van der Waals surface area contributed by atoms with Crippen molar-refractivity contribution in [2.75, 3.05) is 6.61 Å². The number of carbonyl (C=O) groups is 1. The van der Waals surface area contributed by atoms with E-state index in [9.17, 15) is 13.6 Å². The molecule has 38 heavy (non-hydrogen) atoms. The highest BCUT2D eigenvalue weighted by Gasteiger charge is 2.30. The normalized spacial score (nSPS) is 12.8. The van der Waals surface area contributed by atoms with Gasteiger partial charge in [-0.2, -0.15) is 0 Å². The van der Waals surface area contributed by atoms with Crippen LogP contribution in [-0.2, 0) is 20.4 Å². The van der Waals surface area contributed by atoms with Gasteiger partial charge in [0.05, 0.1) is 10.9 Å². The molecule has 0 radical (unpaired) electrons. The first-order valence-corrected chi connectivity index (χ1v) is 13.0. The maximum Gasteiger partial charge on any atom is 0.345 e. The van der Waals surface area contributed by atoms with Crippen LogP contribution in [0.2, 0.25) is 0 Å². The van der Waals surface area contributed by atoms with Gasteiger partial charge in [-0.1, -0.05) is 48.9 Å². The van der Waals surface area contributed by atoms with Gasteiger partial charge in [0.2, 0.25) is 0 Å². The van der Waals surface area contributed by atoms with Gasteiger partial charge in [-0.05, 0) is 67.5 Å². The van der Waals surface area contributed by atoms with Gasteiger partial charge in [0.15, 0.2) is 26.9 Å². The van der Waals surface area contributed by atoms with Crippen molar-refractivity contribution in [3.63, 3.8) is 0 Å². The van der Waals surface area contributed by atoms with Gasteiger partial charge in [0.1, 0.15) is 17.4 Å². The van der Waals surface area contributed by atoms with E-state index in [0.717, 1.165) is 21.4 Å². The van der Waals surface area contributed by atoms with Gasteiger partial charge in [0.25, 0.3) is 0 Å². The quantitative estimate of drug-likeness (QED) is 0.107. The Hall–Kier alpha value is -4.34. The van der Waals surface area contributed by atoms with E-state index in [4.69, 9.17) is 9.47 Å². The molecule has 0 bridgehead atoms. The first kappa shape index (κ1) is 26.7. The fraction of sp³-hybridized carbons (Fsp3) is 0.0938. The van der Waals surface area contributed by atoms with E-state index >= 15 is 0 Å². The monoisotopic (exact) mass is 527 g/mol. The fourth-order valence-corrected chi connectivity index (χ4v) is 5.64. The highest BCUT2D eigenvalue weighted by Crippen LogP contribution is 2.33. The van der Waals surface area contributed by atoms with E-state index in [1.807, 2.05) is 72.8 Å². The molecule has 6 heteroatoms. The summed E-state index contributed by atoms with van der Waals surface area (Å²) in [5.41, 5.74) is -0.381. The average Bonchev–Trinajstić information content (AvgIpc) is 2.92. The minimum Gasteiger partial charge on any atom is -0.482 e. The molecule has 0 fully saturated rings. The Balaban J connectivity index is 1.45. The summed E-state index contributed by atoms with van der Waals surface area (Å²) in [5, 5.41) is 0. The van der Waals surface area contributed by atoms with Crippen LogP contribution in [0.4, 0.5) is 8.78 Å². The zero-order chi connectivity index (χ0) is 27.0. The number of esters is 1. The van der Waals surface area contributed by atoms with Crippen LogP contribution in [0.25, 0.3) is 0 Å². The number of carbonyl (C=O) groups excluding carboxylic acids is 1. The molecule has 3 nitrogen and oxygen atoms in total. The summed E-state index contributed by atoms with van der Waals surface area (Å²) in [6.45, 7) is 5.07. The molecule has 0 heterocycles. The van der Waals surface area contributed by atoms with Gasteiger partial charge in [0, 0.05) is 23.8 Å². The lowest BCUT2D eigenvalue weighted by Crippen LogP contribution is -2.30. The first-order valence-electron chi connectivity index (χ1n) is 11.8. The standard InChI is InChI=1S/C32H25F2O3S/c1-3-32(2,19-18-24-10-6-4-7-11-24)37-31(35)23-36-27-14-16-29(17-15-27)38(28-12-8-5-9-13-28)30-21-25(33)20-26(34)22-30/h3-17,20-22H,1,23H2,2H3/q+1. The summed E-state index contributed by atoms with van der Waals surface area (Å²) in [6, 6.07) is 29.5. The molecule has 190 valence electrons. The van der Waals surface area contributed by atoms with Gasteiger partial charge >= 0.3 is 5.97 Å².